The summed E-state index contributed by atoms with van der Waals surface area (Å²) in [6.45, 7) is 0. The highest BCUT2D eigenvalue weighted by Gasteiger charge is 2.45. The average molecular weight is 409 g/mol. The maximum absolute atomic E-state index is 13.4. The fourth-order valence-corrected chi connectivity index (χ4v) is 3.65. The van der Waals surface area contributed by atoms with Crippen molar-refractivity contribution in [2.24, 2.45) is 10.1 Å². The average Bonchev–Trinajstić information content (AvgIpc) is 3.03. The van der Waals surface area contributed by atoms with Crippen molar-refractivity contribution in [2.45, 2.75) is 37.6 Å². The van der Waals surface area contributed by atoms with Crippen molar-refractivity contribution in [3.05, 3.63) is 58.0 Å². The molecule has 4 rings (SSSR count). The van der Waals surface area contributed by atoms with Crippen molar-refractivity contribution in [2.75, 3.05) is 5.32 Å². The second-order valence-electron chi connectivity index (χ2n) is 6.95. The minimum absolute atomic E-state index is 0.0110. The molecular formula is C19H16ClF3N4O. The Morgan fingerprint density at radius 3 is 2.79 bits per heavy atom. The smallest absolute Gasteiger partial charge is 0.252 e. The molecule has 146 valence electrons. The Hall–Kier alpha value is -2.61. The van der Waals surface area contributed by atoms with E-state index in [4.69, 9.17) is 11.6 Å². The third kappa shape index (κ3) is 3.69. The van der Waals surface area contributed by atoms with Crippen LogP contribution < -0.4 is 5.32 Å². The Balaban J connectivity index is 1.56. The molecule has 2 aliphatic rings. The fourth-order valence-electron chi connectivity index (χ4n) is 3.44. The van der Waals surface area contributed by atoms with Gasteiger partial charge in [0.1, 0.15) is 17.5 Å². The van der Waals surface area contributed by atoms with Crippen LogP contribution in [0.15, 0.2) is 40.6 Å². The van der Waals surface area contributed by atoms with E-state index in [0.29, 0.717) is 34.9 Å². The molecular weight excluding hydrogens is 393 g/mol. The number of amidine groups is 1. The molecule has 2 N–H and O–H groups in total. The number of nitrogens with zero attached hydrogens (tertiary/aromatic N) is 3. The Kier molecular flexibility index (Phi) is 4.74. The molecule has 1 aliphatic carbocycles. The molecule has 0 saturated heterocycles. The fraction of sp³-hybridized carbons (Fsp3) is 0.316. The van der Waals surface area contributed by atoms with Gasteiger partial charge < -0.3 is 10.5 Å². The van der Waals surface area contributed by atoms with Crippen LogP contribution in [0.1, 0.15) is 29.5 Å². The highest BCUT2D eigenvalue weighted by atomic mass is 35.5. The van der Waals surface area contributed by atoms with Gasteiger partial charge in [0, 0.05) is 43.0 Å². The Morgan fingerprint density at radius 2 is 2.11 bits per heavy atom. The molecule has 9 heteroatoms. The van der Waals surface area contributed by atoms with Gasteiger partial charge in [0.25, 0.3) is 5.92 Å². The molecule has 2 aromatic rings. The number of nitrogens with one attached hydrogen (secondary N) is 1. The van der Waals surface area contributed by atoms with E-state index < -0.39 is 17.8 Å². The first-order chi connectivity index (χ1) is 13.3. The van der Waals surface area contributed by atoms with Gasteiger partial charge >= 0.3 is 0 Å². The number of fused-ring (bicyclic) bond motifs is 1. The van der Waals surface area contributed by atoms with Crippen LogP contribution in [-0.2, 0) is 12.8 Å². The Labute approximate surface area is 164 Å². The molecule has 2 heterocycles. The number of benzene rings is 1. The predicted octanol–water partition coefficient (Wildman–Crippen LogP) is 4.46. The monoisotopic (exact) mass is 408 g/mol. The molecule has 5 nitrogen and oxygen atoms in total. The summed E-state index contributed by atoms with van der Waals surface area (Å²) in [7, 11) is 0. The van der Waals surface area contributed by atoms with Crippen molar-refractivity contribution in [3.63, 3.8) is 0 Å². The van der Waals surface area contributed by atoms with E-state index in [9.17, 15) is 18.4 Å². The maximum Gasteiger partial charge on any atom is 0.252 e. The zero-order valence-electron chi connectivity index (χ0n) is 14.6. The standard InChI is InChI=1S/C19H16ClF3N4O/c20-14-5-10(1-2-15(14)21)6-16(27-28)12-3-4-24-18-13(12)7-17(26-18)25-11-8-19(22,23)9-11/h1-5,11,28H,6-9H2,(H,24,25,26)/b27-16+. The highest BCUT2D eigenvalue weighted by molar-refractivity contribution is 6.30. The minimum Gasteiger partial charge on any atom is -0.411 e. The van der Waals surface area contributed by atoms with Crippen LogP contribution in [-0.4, -0.2) is 33.7 Å². The van der Waals surface area contributed by atoms with Crippen LogP contribution in [0.5, 0.6) is 0 Å². The molecule has 1 saturated carbocycles. The Morgan fingerprint density at radius 1 is 1.32 bits per heavy atom. The number of oxime groups is 1. The van der Waals surface area contributed by atoms with E-state index in [1.165, 1.54) is 12.1 Å². The lowest BCUT2D eigenvalue weighted by Crippen LogP contribution is -2.39. The molecule has 0 spiro atoms. The normalized spacial score (nSPS) is 20.0. The molecule has 1 aliphatic heterocycles. The van der Waals surface area contributed by atoms with E-state index in [1.807, 2.05) is 0 Å². The van der Waals surface area contributed by atoms with Crippen LogP contribution in [0.25, 0.3) is 0 Å². The molecule has 1 aromatic carbocycles. The summed E-state index contributed by atoms with van der Waals surface area (Å²) in [5.74, 6) is -2.03. The third-order valence-electron chi connectivity index (χ3n) is 4.86. The number of hydrogen-bond acceptors (Lipinski definition) is 4. The summed E-state index contributed by atoms with van der Waals surface area (Å²) < 4.78 is 39.4. The van der Waals surface area contributed by atoms with Crippen molar-refractivity contribution < 1.29 is 18.4 Å². The van der Waals surface area contributed by atoms with E-state index in [2.05, 4.69) is 20.4 Å². The van der Waals surface area contributed by atoms with Crippen LogP contribution in [0.3, 0.4) is 0 Å². The van der Waals surface area contributed by atoms with Gasteiger partial charge in [-0.3, -0.25) is 4.99 Å². The van der Waals surface area contributed by atoms with Gasteiger partial charge in [-0.05, 0) is 23.8 Å². The zero-order chi connectivity index (χ0) is 19.9. The molecule has 0 amide bonds. The molecule has 0 bridgehead atoms. The van der Waals surface area contributed by atoms with Crippen LogP contribution in [0, 0.1) is 5.82 Å². The van der Waals surface area contributed by atoms with Crippen molar-refractivity contribution in [1.82, 2.24) is 4.98 Å². The van der Waals surface area contributed by atoms with Gasteiger partial charge in [0.05, 0.1) is 16.8 Å². The lowest BCUT2D eigenvalue weighted by Gasteiger charge is -2.32. The number of alkyl halides is 2. The number of aliphatic imine (C=N–C) groups is 1. The van der Waals surface area contributed by atoms with Gasteiger partial charge in [-0.2, -0.15) is 0 Å². The van der Waals surface area contributed by atoms with E-state index >= 15 is 0 Å². The first-order valence-corrected chi connectivity index (χ1v) is 9.07. The topological polar surface area (TPSA) is 69.9 Å². The number of hydrogen-bond donors (Lipinski definition) is 2. The summed E-state index contributed by atoms with van der Waals surface area (Å²) in [4.78, 5) is 8.60. The zero-order valence-corrected chi connectivity index (χ0v) is 15.3. The Bertz CT molecular complexity index is 985. The molecule has 0 atom stereocenters. The quantitative estimate of drug-likeness (QED) is 0.446. The number of halogens is 4. The number of anilines is 1. The predicted molar refractivity (Wildman–Crippen MR) is 100 cm³/mol. The van der Waals surface area contributed by atoms with Gasteiger partial charge in [-0.1, -0.05) is 22.8 Å². The van der Waals surface area contributed by atoms with Gasteiger partial charge in [-0.25, -0.2) is 18.2 Å². The number of rotatable bonds is 4. The van der Waals surface area contributed by atoms with Gasteiger partial charge in [0.2, 0.25) is 0 Å². The molecule has 28 heavy (non-hydrogen) atoms. The summed E-state index contributed by atoms with van der Waals surface area (Å²) in [6, 6.07) is 5.61. The number of pyridine rings is 1. The lowest BCUT2D eigenvalue weighted by molar-refractivity contribution is -0.0834. The first kappa shape index (κ1) is 18.7. The van der Waals surface area contributed by atoms with E-state index in [0.717, 1.165) is 5.56 Å². The van der Waals surface area contributed by atoms with Crippen LogP contribution in [0.2, 0.25) is 5.02 Å². The molecule has 0 unspecified atom stereocenters. The van der Waals surface area contributed by atoms with Crippen molar-refractivity contribution in [3.8, 4) is 0 Å². The minimum atomic E-state index is -2.63. The van der Waals surface area contributed by atoms with Gasteiger partial charge in [-0.15, -0.1) is 0 Å². The summed E-state index contributed by atoms with van der Waals surface area (Å²) in [5.41, 5.74) is 2.47. The maximum atomic E-state index is 13.4. The highest BCUT2D eigenvalue weighted by Crippen LogP contribution is 2.40. The van der Waals surface area contributed by atoms with Crippen molar-refractivity contribution >= 4 is 29.0 Å². The van der Waals surface area contributed by atoms with E-state index in [1.54, 1.807) is 18.3 Å². The van der Waals surface area contributed by atoms with E-state index in [-0.39, 0.29) is 24.3 Å². The van der Waals surface area contributed by atoms with Gasteiger partial charge in [0.15, 0.2) is 0 Å². The second kappa shape index (κ2) is 7.09. The number of aromatic nitrogens is 1. The van der Waals surface area contributed by atoms with Crippen molar-refractivity contribution in [1.29, 1.82) is 0 Å². The molecule has 1 aromatic heterocycles. The summed E-state index contributed by atoms with van der Waals surface area (Å²) >= 11 is 5.82. The lowest BCUT2D eigenvalue weighted by atomic mass is 9.89. The second-order valence-corrected chi connectivity index (χ2v) is 7.36. The summed E-state index contributed by atoms with van der Waals surface area (Å²) in [6.07, 6.45) is 1.68. The van der Waals surface area contributed by atoms with Crippen LogP contribution in [0.4, 0.5) is 19.0 Å². The largest absolute Gasteiger partial charge is 0.411 e. The first-order valence-electron chi connectivity index (χ1n) is 8.69. The molecule has 0 radical (unpaired) electrons. The molecule has 1 fully saturated rings. The SMILES string of the molecule is O/N=C(\Cc1ccc(F)c(Cl)c1)c1ccnc2c1CC(=NC1CC(F)(F)C1)N2. The summed E-state index contributed by atoms with van der Waals surface area (Å²) in [5, 5.41) is 16.0. The van der Waals surface area contributed by atoms with Crippen LogP contribution >= 0.6 is 11.6 Å². The third-order valence-corrected chi connectivity index (χ3v) is 5.15.